The van der Waals surface area contributed by atoms with E-state index >= 15 is 0 Å². The van der Waals surface area contributed by atoms with Crippen molar-refractivity contribution in [2.45, 2.75) is 13.5 Å². The van der Waals surface area contributed by atoms with Crippen molar-refractivity contribution in [1.29, 1.82) is 5.26 Å². The van der Waals surface area contributed by atoms with Gasteiger partial charge in [-0.15, -0.1) is 0 Å². The molecule has 0 bridgehead atoms. The van der Waals surface area contributed by atoms with Gasteiger partial charge in [-0.2, -0.15) is 5.26 Å². The summed E-state index contributed by atoms with van der Waals surface area (Å²) in [5.41, 5.74) is 2.98. The van der Waals surface area contributed by atoms with Crippen LogP contribution in [-0.2, 0) is 11.4 Å². The predicted octanol–water partition coefficient (Wildman–Crippen LogP) is 3.45. The Balaban J connectivity index is 2.21. The van der Waals surface area contributed by atoms with E-state index < -0.39 is 0 Å². The van der Waals surface area contributed by atoms with E-state index in [4.69, 9.17) is 14.8 Å². The molecule has 2 aromatic rings. The van der Waals surface area contributed by atoms with E-state index in [1.165, 1.54) is 7.11 Å². The summed E-state index contributed by atoms with van der Waals surface area (Å²) in [5, 5.41) is 12.9. The molecule has 21 heavy (non-hydrogen) atoms. The normalized spacial score (nSPS) is 10.8. The Hall–Kier alpha value is -2.80. The fraction of sp³-hybridized carbons (Fsp3) is 0.176. The molecule has 0 aliphatic heterocycles. The molecule has 2 aromatic carbocycles. The van der Waals surface area contributed by atoms with Crippen LogP contribution in [0.2, 0.25) is 0 Å². The number of oxime groups is 1. The number of nitriles is 1. The lowest BCUT2D eigenvalue weighted by atomic mass is 10.0. The molecule has 106 valence electrons. The third-order valence-corrected chi connectivity index (χ3v) is 2.94. The summed E-state index contributed by atoms with van der Waals surface area (Å²) in [6.45, 7) is 2.38. The van der Waals surface area contributed by atoms with Crippen LogP contribution in [0.5, 0.6) is 5.75 Å². The molecule has 0 radical (unpaired) electrons. The number of hydrogen-bond acceptors (Lipinski definition) is 4. The van der Waals surface area contributed by atoms with Crippen molar-refractivity contribution in [2.75, 3.05) is 7.11 Å². The maximum Gasteiger partial charge on any atom is 0.187 e. The Labute approximate surface area is 124 Å². The topological polar surface area (TPSA) is 54.6 Å². The summed E-state index contributed by atoms with van der Waals surface area (Å²) in [6, 6.07) is 17.4. The lowest BCUT2D eigenvalue weighted by Gasteiger charge is -2.10. The molecule has 0 amide bonds. The molecular formula is C17H16N2O2. The van der Waals surface area contributed by atoms with Gasteiger partial charge < -0.3 is 9.57 Å². The van der Waals surface area contributed by atoms with E-state index in [1.54, 1.807) is 0 Å². The minimum atomic E-state index is 0.237. The van der Waals surface area contributed by atoms with E-state index in [1.807, 2.05) is 61.5 Å². The van der Waals surface area contributed by atoms with E-state index in [-0.39, 0.29) is 5.71 Å². The summed E-state index contributed by atoms with van der Waals surface area (Å²) >= 11 is 0. The second-order valence-electron chi connectivity index (χ2n) is 4.50. The lowest BCUT2D eigenvalue weighted by Crippen LogP contribution is -2.06. The zero-order valence-electron chi connectivity index (χ0n) is 12.0. The van der Waals surface area contributed by atoms with Crippen LogP contribution in [0.1, 0.15) is 16.7 Å². The molecule has 4 heteroatoms. The van der Waals surface area contributed by atoms with Gasteiger partial charge in [-0.3, -0.25) is 0 Å². The first-order valence-electron chi connectivity index (χ1n) is 6.53. The summed E-state index contributed by atoms with van der Waals surface area (Å²) in [4.78, 5) is 4.71. The summed E-state index contributed by atoms with van der Waals surface area (Å²) in [6.07, 6.45) is 0. The zero-order chi connectivity index (χ0) is 15.1. The van der Waals surface area contributed by atoms with Gasteiger partial charge in [-0.1, -0.05) is 41.6 Å². The molecule has 0 aliphatic carbocycles. The lowest BCUT2D eigenvalue weighted by molar-refractivity contribution is 0.214. The van der Waals surface area contributed by atoms with Crippen LogP contribution in [0.15, 0.2) is 53.7 Å². The van der Waals surface area contributed by atoms with Gasteiger partial charge in [0.15, 0.2) is 5.71 Å². The van der Waals surface area contributed by atoms with E-state index in [0.29, 0.717) is 6.61 Å². The van der Waals surface area contributed by atoms with Crippen LogP contribution >= 0.6 is 0 Å². The molecule has 0 aliphatic rings. The third kappa shape index (κ3) is 3.83. The first kappa shape index (κ1) is 14.6. The van der Waals surface area contributed by atoms with E-state index in [0.717, 1.165) is 22.4 Å². The first-order valence-corrected chi connectivity index (χ1v) is 6.53. The fourth-order valence-electron chi connectivity index (χ4n) is 1.96. The van der Waals surface area contributed by atoms with Gasteiger partial charge in [0.25, 0.3) is 0 Å². The molecule has 0 fully saturated rings. The highest BCUT2D eigenvalue weighted by Crippen LogP contribution is 2.17. The van der Waals surface area contributed by atoms with Gasteiger partial charge in [-0.05, 0) is 30.2 Å². The summed E-state index contributed by atoms with van der Waals surface area (Å²) < 4.78 is 5.78. The third-order valence-electron chi connectivity index (χ3n) is 2.94. The molecule has 0 heterocycles. The Morgan fingerprint density at radius 3 is 2.71 bits per heavy atom. The van der Waals surface area contributed by atoms with Crippen molar-refractivity contribution >= 4 is 5.71 Å². The highest BCUT2D eigenvalue weighted by atomic mass is 16.6. The fourth-order valence-corrected chi connectivity index (χ4v) is 1.96. The smallest absolute Gasteiger partial charge is 0.187 e. The quantitative estimate of drug-likeness (QED) is 0.622. The van der Waals surface area contributed by atoms with Gasteiger partial charge in [0, 0.05) is 5.56 Å². The molecule has 2 rings (SSSR count). The number of benzene rings is 2. The van der Waals surface area contributed by atoms with Gasteiger partial charge in [0.2, 0.25) is 0 Å². The molecule has 0 aromatic heterocycles. The molecule has 0 saturated carbocycles. The van der Waals surface area contributed by atoms with Crippen molar-refractivity contribution in [1.82, 2.24) is 0 Å². The second-order valence-corrected chi connectivity index (χ2v) is 4.50. The monoisotopic (exact) mass is 280 g/mol. The molecule has 0 atom stereocenters. The Morgan fingerprint density at radius 2 is 2.00 bits per heavy atom. The van der Waals surface area contributed by atoms with Gasteiger partial charge >= 0.3 is 0 Å². The maximum atomic E-state index is 9.16. The second kappa shape index (κ2) is 7.11. The minimum Gasteiger partial charge on any atom is -0.489 e. The first-order chi connectivity index (χ1) is 10.2. The van der Waals surface area contributed by atoms with Gasteiger partial charge in [0.05, 0.1) is 0 Å². The maximum absolute atomic E-state index is 9.16. The Kier molecular flexibility index (Phi) is 4.94. The minimum absolute atomic E-state index is 0.237. The molecule has 0 N–H and O–H groups in total. The molecule has 4 nitrogen and oxygen atoms in total. The van der Waals surface area contributed by atoms with Crippen molar-refractivity contribution in [3.63, 3.8) is 0 Å². The summed E-state index contributed by atoms with van der Waals surface area (Å²) in [5.74, 6) is 0.798. The van der Waals surface area contributed by atoms with Crippen molar-refractivity contribution in [3.8, 4) is 11.8 Å². The van der Waals surface area contributed by atoms with Crippen LogP contribution < -0.4 is 4.74 Å². The van der Waals surface area contributed by atoms with Crippen molar-refractivity contribution in [3.05, 3.63) is 65.2 Å². The zero-order valence-corrected chi connectivity index (χ0v) is 12.0. The Bertz CT molecular complexity index is 687. The predicted molar refractivity (Wildman–Crippen MR) is 81.1 cm³/mol. The van der Waals surface area contributed by atoms with Crippen LogP contribution in [-0.4, -0.2) is 12.8 Å². The van der Waals surface area contributed by atoms with Gasteiger partial charge in [-0.25, -0.2) is 0 Å². The Morgan fingerprint density at radius 1 is 1.19 bits per heavy atom. The van der Waals surface area contributed by atoms with Crippen LogP contribution in [0.4, 0.5) is 0 Å². The highest BCUT2D eigenvalue weighted by molar-refractivity contribution is 6.12. The van der Waals surface area contributed by atoms with Crippen molar-refractivity contribution in [2.24, 2.45) is 5.16 Å². The number of aryl methyl sites for hydroxylation is 1. The number of rotatable bonds is 5. The molecule has 0 unspecified atom stereocenters. The average Bonchev–Trinajstić information content (AvgIpc) is 2.51. The highest BCUT2D eigenvalue weighted by Gasteiger charge is 2.10. The number of nitrogens with zero attached hydrogens (tertiary/aromatic N) is 2. The standard InChI is InChI=1S/C17H16N2O2/c1-13-6-5-8-15(10-13)21-12-14-7-3-4-9-16(14)17(11-18)19-20-2/h3-10H,12H2,1-2H3/b19-17+. The average molecular weight is 280 g/mol. The van der Waals surface area contributed by atoms with Crippen LogP contribution in [0.25, 0.3) is 0 Å². The molecule has 0 spiro atoms. The molecular weight excluding hydrogens is 264 g/mol. The van der Waals surface area contributed by atoms with Crippen LogP contribution in [0, 0.1) is 18.3 Å². The van der Waals surface area contributed by atoms with E-state index in [2.05, 4.69) is 5.16 Å². The van der Waals surface area contributed by atoms with Crippen LogP contribution in [0.3, 0.4) is 0 Å². The summed E-state index contributed by atoms with van der Waals surface area (Å²) in [7, 11) is 1.42. The van der Waals surface area contributed by atoms with Crippen molar-refractivity contribution < 1.29 is 9.57 Å². The molecule has 0 saturated heterocycles. The van der Waals surface area contributed by atoms with E-state index in [9.17, 15) is 0 Å². The van der Waals surface area contributed by atoms with Gasteiger partial charge in [0.1, 0.15) is 25.5 Å². The largest absolute Gasteiger partial charge is 0.489 e. The number of ether oxygens (including phenoxy) is 1. The SMILES string of the molecule is CO/N=C(\C#N)c1ccccc1COc1cccc(C)c1. The number of hydrogen-bond donors (Lipinski definition) is 0.